The molecule has 2 N–H and O–H groups in total. The summed E-state index contributed by atoms with van der Waals surface area (Å²) in [6, 6.07) is 6.14. The molecule has 0 fully saturated rings. The fourth-order valence-electron chi connectivity index (χ4n) is 1.45. The summed E-state index contributed by atoms with van der Waals surface area (Å²) in [5.74, 6) is 2.01. The van der Waals surface area contributed by atoms with E-state index >= 15 is 0 Å². The van der Waals surface area contributed by atoms with Gasteiger partial charge in [0, 0.05) is 22.6 Å². The molecule has 1 aromatic rings. The number of hydrogen-bond donors (Lipinski definition) is 1. The lowest BCUT2D eigenvalue weighted by Gasteiger charge is -2.22. The molecular formula is C9H10ClNS. The van der Waals surface area contributed by atoms with Crippen molar-refractivity contribution in [3.63, 3.8) is 0 Å². The van der Waals surface area contributed by atoms with Crippen molar-refractivity contribution in [2.24, 2.45) is 5.73 Å². The van der Waals surface area contributed by atoms with Crippen molar-refractivity contribution in [3.05, 3.63) is 34.3 Å². The van der Waals surface area contributed by atoms with Crippen molar-refractivity contribution >= 4 is 23.4 Å². The minimum absolute atomic E-state index is 0.164. The Bertz CT molecular complexity index is 301. The highest BCUT2D eigenvalue weighted by Crippen LogP contribution is 2.34. The van der Waals surface area contributed by atoms with E-state index in [1.54, 1.807) is 0 Å². The molecule has 3 heteroatoms. The van der Waals surface area contributed by atoms with E-state index in [-0.39, 0.29) is 6.04 Å². The molecule has 1 unspecified atom stereocenters. The predicted molar refractivity (Wildman–Crippen MR) is 54.5 cm³/mol. The third-order valence-electron chi connectivity index (χ3n) is 2.10. The van der Waals surface area contributed by atoms with Gasteiger partial charge in [-0.05, 0) is 17.2 Å². The van der Waals surface area contributed by atoms with Crippen LogP contribution < -0.4 is 5.73 Å². The molecule has 0 aromatic heterocycles. The Hall–Kier alpha value is -0.180. The molecule has 0 amide bonds. The molecule has 1 atom stereocenters. The summed E-state index contributed by atoms with van der Waals surface area (Å²) in [5, 5.41) is 0.857. The zero-order chi connectivity index (χ0) is 8.55. The van der Waals surface area contributed by atoms with E-state index in [1.807, 2.05) is 23.9 Å². The van der Waals surface area contributed by atoms with Gasteiger partial charge in [0.25, 0.3) is 0 Å². The van der Waals surface area contributed by atoms with Crippen LogP contribution in [0.25, 0.3) is 0 Å². The lowest BCUT2D eigenvalue weighted by molar-refractivity contribution is 0.809. The van der Waals surface area contributed by atoms with Gasteiger partial charge in [-0.2, -0.15) is 11.8 Å². The summed E-state index contributed by atoms with van der Waals surface area (Å²) >= 11 is 7.89. The van der Waals surface area contributed by atoms with E-state index in [9.17, 15) is 0 Å². The van der Waals surface area contributed by atoms with Crippen molar-refractivity contribution in [2.45, 2.75) is 11.8 Å². The highest BCUT2D eigenvalue weighted by atomic mass is 35.5. The van der Waals surface area contributed by atoms with Crippen LogP contribution in [0.15, 0.2) is 18.2 Å². The molecule has 1 heterocycles. The minimum atomic E-state index is 0.164. The highest BCUT2D eigenvalue weighted by Gasteiger charge is 2.18. The average molecular weight is 200 g/mol. The van der Waals surface area contributed by atoms with Crippen molar-refractivity contribution in [2.75, 3.05) is 5.75 Å². The molecule has 1 aromatic carbocycles. The minimum Gasteiger partial charge on any atom is -0.323 e. The van der Waals surface area contributed by atoms with Crippen LogP contribution in [0.3, 0.4) is 0 Å². The molecule has 0 bridgehead atoms. The Balaban J connectivity index is 2.52. The van der Waals surface area contributed by atoms with Crippen molar-refractivity contribution in [1.29, 1.82) is 0 Å². The standard InChI is InChI=1S/C9H10ClNS/c10-8-3-1-2-6-7(8)4-12-5-9(6)11/h1-3,9H,4-5,11H2. The molecule has 0 aliphatic carbocycles. The fraction of sp³-hybridized carbons (Fsp3) is 0.333. The summed E-state index contributed by atoms with van der Waals surface area (Å²) in [6.45, 7) is 0. The summed E-state index contributed by atoms with van der Waals surface area (Å²) in [4.78, 5) is 0. The Kier molecular flexibility index (Phi) is 2.31. The molecular weight excluding hydrogens is 190 g/mol. The Morgan fingerprint density at radius 1 is 1.50 bits per heavy atom. The van der Waals surface area contributed by atoms with Gasteiger partial charge in [-0.25, -0.2) is 0 Å². The van der Waals surface area contributed by atoms with Gasteiger partial charge in [-0.15, -0.1) is 0 Å². The first kappa shape index (κ1) is 8.42. The summed E-state index contributed by atoms with van der Waals surface area (Å²) < 4.78 is 0. The van der Waals surface area contributed by atoms with E-state index < -0.39 is 0 Å². The van der Waals surface area contributed by atoms with Gasteiger partial charge in [0.1, 0.15) is 0 Å². The van der Waals surface area contributed by atoms with Gasteiger partial charge in [0.05, 0.1) is 0 Å². The van der Waals surface area contributed by atoms with Crippen LogP contribution in [0.1, 0.15) is 17.2 Å². The van der Waals surface area contributed by atoms with Gasteiger partial charge in [0.2, 0.25) is 0 Å². The SMILES string of the molecule is NC1CSCc2c(Cl)cccc21. The third kappa shape index (κ3) is 1.35. The maximum absolute atomic E-state index is 6.04. The maximum Gasteiger partial charge on any atom is 0.0449 e. The summed E-state index contributed by atoms with van der Waals surface area (Å²) in [5.41, 5.74) is 8.38. The number of nitrogens with two attached hydrogens (primary N) is 1. The van der Waals surface area contributed by atoms with E-state index in [1.165, 1.54) is 11.1 Å². The number of benzene rings is 1. The molecule has 1 aliphatic heterocycles. The molecule has 2 rings (SSSR count). The number of halogens is 1. The lowest BCUT2D eigenvalue weighted by atomic mass is 10.0. The van der Waals surface area contributed by atoms with Gasteiger partial charge in [-0.3, -0.25) is 0 Å². The molecule has 0 radical (unpaired) electrons. The monoisotopic (exact) mass is 199 g/mol. The van der Waals surface area contributed by atoms with Crippen LogP contribution in [0.5, 0.6) is 0 Å². The molecule has 0 spiro atoms. The fourth-order valence-corrected chi connectivity index (χ4v) is 2.86. The molecule has 0 saturated carbocycles. The Morgan fingerprint density at radius 2 is 2.33 bits per heavy atom. The van der Waals surface area contributed by atoms with Crippen LogP contribution in [0, 0.1) is 0 Å². The van der Waals surface area contributed by atoms with Crippen LogP contribution in [0.4, 0.5) is 0 Å². The van der Waals surface area contributed by atoms with Crippen LogP contribution in [0.2, 0.25) is 5.02 Å². The quantitative estimate of drug-likeness (QED) is 0.695. The average Bonchev–Trinajstić information content (AvgIpc) is 2.07. The van der Waals surface area contributed by atoms with Crippen LogP contribution >= 0.6 is 23.4 Å². The van der Waals surface area contributed by atoms with Crippen LogP contribution in [-0.2, 0) is 5.75 Å². The number of thioether (sulfide) groups is 1. The van der Waals surface area contributed by atoms with Crippen LogP contribution in [-0.4, -0.2) is 5.75 Å². The van der Waals surface area contributed by atoms with Gasteiger partial charge >= 0.3 is 0 Å². The van der Waals surface area contributed by atoms with Gasteiger partial charge in [0.15, 0.2) is 0 Å². The van der Waals surface area contributed by atoms with E-state index in [0.29, 0.717) is 0 Å². The van der Waals surface area contributed by atoms with Crippen molar-refractivity contribution in [3.8, 4) is 0 Å². The normalized spacial score (nSPS) is 22.0. The zero-order valence-corrected chi connectivity index (χ0v) is 8.16. The summed E-state index contributed by atoms with van der Waals surface area (Å²) in [7, 11) is 0. The first-order valence-electron chi connectivity index (χ1n) is 3.89. The maximum atomic E-state index is 6.04. The molecule has 1 nitrogen and oxygen atoms in total. The van der Waals surface area contributed by atoms with Crippen molar-refractivity contribution in [1.82, 2.24) is 0 Å². The first-order valence-corrected chi connectivity index (χ1v) is 5.43. The van der Waals surface area contributed by atoms with E-state index in [4.69, 9.17) is 17.3 Å². The van der Waals surface area contributed by atoms with Crippen molar-refractivity contribution < 1.29 is 0 Å². The molecule has 64 valence electrons. The highest BCUT2D eigenvalue weighted by molar-refractivity contribution is 7.98. The predicted octanol–water partition coefficient (Wildman–Crippen LogP) is 2.59. The van der Waals surface area contributed by atoms with Gasteiger partial charge < -0.3 is 5.73 Å². The molecule has 1 aliphatic rings. The number of rotatable bonds is 0. The second kappa shape index (κ2) is 3.29. The number of hydrogen-bond acceptors (Lipinski definition) is 2. The zero-order valence-electron chi connectivity index (χ0n) is 6.59. The van der Waals surface area contributed by atoms with Gasteiger partial charge in [-0.1, -0.05) is 23.7 Å². The largest absolute Gasteiger partial charge is 0.323 e. The summed E-state index contributed by atoms with van der Waals surface area (Å²) in [6.07, 6.45) is 0. The third-order valence-corrected chi connectivity index (χ3v) is 3.54. The van der Waals surface area contributed by atoms with E-state index in [0.717, 1.165) is 16.5 Å². The Morgan fingerprint density at radius 3 is 3.08 bits per heavy atom. The second-order valence-corrected chi connectivity index (χ2v) is 4.37. The lowest BCUT2D eigenvalue weighted by Crippen LogP contribution is -2.18. The second-order valence-electron chi connectivity index (χ2n) is 2.93. The Labute approximate surface area is 81.3 Å². The first-order chi connectivity index (χ1) is 5.79. The van der Waals surface area contributed by atoms with E-state index in [2.05, 4.69) is 6.07 Å². The molecule has 12 heavy (non-hydrogen) atoms. The topological polar surface area (TPSA) is 26.0 Å². The smallest absolute Gasteiger partial charge is 0.0449 e. The number of fused-ring (bicyclic) bond motifs is 1. The molecule has 0 saturated heterocycles.